The molecule has 19 heavy (non-hydrogen) atoms. The highest BCUT2D eigenvalue weighted by Crippen LogP contribution is 1.96. The highest BCUT2D eigenvalue weighted by Gasteiger charge is 2.13. The molecule has 0 rings (SSSR count). The summed E-state index contributed by atoms with van der Waals surface area (Å²) >= 11 is 0. The molecule has 2 N–H and O–H groups in total. The van der Waals surface area contributed by atoms with E-state index in [0.717, 1.165) is 6.42 Å². The number of rotatable bonds is 8. The summed E-state index contributed by atoms with van der Waals surface area (Å²) in [7, 11) is 1.44. The minimum absolute atomic E-state index is 0.160. The molecule has 0 aromatic rings. The van der Waals surface area contributed by atoms with Crippen molar-refractivity contribution < 1.29 is 19.1 Å². The van der Waals surface area contributed by atoms with Gasteiger partial charge in [0.1, 0.15) is 0 Å². The van der Waals surface area contributed by atoms with Crippen molar-refractivity contribution >= 4 is 17.9 Å². The molecule has 0 spiro atoms. The maximum absolute atomic E-state index is 11.4. The first kappa shape index (κ1) is 17.4. The van der Waals surface area contributed by atoms with Crippen LogP contribution >= 0.6 is 0 Å². The Balaban J connectivity index is 4.09. The molecule has 0 atom stereocenters. The summed E-state index contributed by atoms with van der Waals surface area (Å²) in [5.74, 6) is -0.674. The van der Waals surface area contributed by atoms with E-state index in [4.69, 9.17) is 4.74 Å². The average Bonchev–Trinajstić information content (AvgIpc) is 2.36. The number of ether oxygens (including phenoxy) is 1. The molecule has 0 aliphatic carbocycles. The second-order valence-electron chi connectivity index (χ2n) is 3.96. The molecule has 0 saturated heterocycles. The van der Waals surface area contributed by atoms with Gasteiger partial charge in [-0.2, -0.15) is 0 Å². The van der Waals surface area contributed by atoms with Gasteiger partial charge in [0, 0.05) is 20.0 Å². The van der Waals surface area contributed by atoms with Crippen LogP contribution in [0.3, 0.4) is 0 Å². The van der Waals surface area contributed by atoms with E-state index in [-0.39, 0.29) is 24.8 Å². The van der Waals surface area contributed by atoms with E-state index in [2.05, 4.69) is 10.6 Å². The Bertz CT molecular complexity index is 307. The van der Waals surface area contributed by atoms with Gasteiger partial charge in [0.15, 0.2) is 0 Å². The fourth-order valence-corrected chi connectivity index (χ4v) is 1.49. The molecule has 0 aromatic carbocycles. The lowest BCUT2D eigenvalue weighted by atomic mass is 10.3. The number of hydrogen-bond donors (Lipinski definition) is 2. The topological polar surface area (TPSA) is 87.7 Å². The zero-order valence-corrected chi connectivity index (χ0v) is 11.8. The van der Waals surface area contributed by atoms with E-state index in [1.165, 1.54) is 7.05 Å². The van der Waals surface area contributed by atoms with Crippen molar-refractivity contribution in [1.29, 1.82) is 0 Å². The van der Waals surface area contributed by atoms with Gasteiger partial charge in [0.2, 0.25) is 5.91 Å². The number of nitrogens with zero attached hydrogens (tertiary/aromatic N) is 1. The Morgan fingerprint density at radius 2 is 1.84 bits per heavy atom. The molecule has 0 aliphatic rings. The zero-order valence-electron chi connectivity index (χ0n) is 11.8. The lowest BCUT2D eigenvalue weighted by Gasteiger charge is -2.20. The summed E-state index contributed by atoms with van der Waals surface area (Å²) in [4.78, 5) is 35.5. The Kier molecular flexibility index (Phi) is 9.42. The predicted molar refractivity (Wildman–Crippen MR) is 70.6 cm³/mol. The molecule has 0 bridgehead atoms. The number of esters is 1. The van der Waals surface area contributed by atoms with E-state index in [0.29, 0.717) is 19.7 Å². The predicted octanol–water partition coefficient (Wildman–Crippen LogP) is 0.107. The largest absolute Gasteiger partial charge is 0.465 e. The number of imide groups is 1. The number of carbonyl (C=O) groups excluding carboxylic acids is 3. The summed E-state index contributed by atoms with van der Waals surface area (Å²) < 4.78 is 4.86. The van der Waals surface area contributed by atoms with Gasteiger partial charge in [-0.1, -0.05) is 6.92 Å². The second-order valence-corrected chi connectivity index (χ2v) is 3.96. The number of urea groups is 1. The highest BCUT2D eigenvalue weighted by molar-refractivity contribution is 5.94. The van der Waals surface area contributed by atoms with Gasteiger partial charge < -0.3 is 10.1 Å². The van der Waals surface area contributed by atoms with E-state index in [1.54, 1.807) is 6.92 Å². The van der Waals surface area contributed by atoms with E-state index < -0.39 is 6.03 Å². The molecule has 0 fully saturated rings. The van der Waals surface area contributed by atoms with Crippen LogP contribution in [0.25, 0.3) is 0 Å². The molecular formula is C12H23N3O4. The van der Waals surface area contributed by atoms with Crippen molar-refractivity contribution in [3.05, 3.63) is 0 Å². The molecule has 0 saturated carbocycles. The van der Waals surface area contributed by atoms with Crippen LogP contribution in [0.4, 0.5) is 4.79 Å². The first-order valence-corrected chi connectivity index (χ1v) is 6.43. The molecule has 3 amide bonds. The van der Waals surface area contributed by atoms with Crippen LogP contribution in [0.5, 0.6) is 0 Å². The highest BCUT2D eigenvalue weighted by atomic mass is 16.5. The number of amides is 3. The van der Waals surface area contributed by atoms with Gasteiger partial charge in [-0.25, -0.2) is 4.79 Å². The van der Waals surface area contributed by atoms with Crippen molar-refractivity contribution in [2.24, 2.45) is 0 Å². The van der Waals surface area contributed by atoms with Crippen molar-refractivity contribution in [1.82, 2.24) is 15.5 Å². The van der Waals surface area contributed by atoms with Crippen LogP contribution in [0.15, 0.2) is 0 Å². The van der Waals surface area contributed by atoms with Crippen LogP contribution in [0.1, 0.15) is 26.7 Å². The van der Waals surface area contributed by atoms with Gasteiger partial charge in [-0.05, 0) is 19.9 Å². The molecule has 0 unspecified atom stereocenters. The average molecular weight is 273 g/mol. The van der Waals surface area contributed by atoms with Gasteiger partial charge >= 0.3 is 12.0 Å². The third-order valence-corrected chi connectivity index (χ3v) is 2.33. The minimum atomic E-state index is -0.530. The van der Waals surface area contributed by atoms with E-state index in [9.17, 15) is 14.4 Å². The third-order valence-electron chi connectivity index (χ3n) is 2.33. The van der Waals surface area contributed by atoms with Crippen molar-refractivity contribution in [3.8, 4) is 0 Å². The van der Waals surface area contributed by atoms with Gasteiger partial charge in [-0.15, -0.1) is 0 Å². The van der Waals surface area contributed by atoms with Crippen molar-refractivity contribution in [2.45, 2.75) is 26.7 Å². The Morgan fingerprint density at radius 1 is 1.16 bits per heavy atom. The molecular weight excluding hydrogens is 250 g/mol. The fraction of sp³-hybridized carbons (Fsp3) is 0.750. The van der Waals surface area contributed by atoms with Crippen LogP contribution in [0.2, 0.25) is 0 Å². The second kappa shape index (κ2) is 10.3. The minimum Gasteiger partial charge on any atom is -0.465 e. The fourth-order valence-electron chi connectivity index (χ4n) is 1.49. The van der Waals surface area contributed by atoms with Crippen LogP contribution < -0.4 is 10.6 Å². The first-order chi connectivity index (χ1) is 9.03. The molecule has 0 aromatic heterocycles. The van der Waals surface area contributed by atoms with Gasteiger partial charge in [-0.3, -0.25) is 19.8 Å². The third kappa shape index (κ3) is 9.01. The van der Waals surface area contributed by atoms with E-state index in [1.807, 2.05) is 11.8 Å². The van der Waals surface area contributed by atoms with Gasteiger partial charge in [0.25, 0.3) is 0 Å². The maximum Gasteiger partial charge on any atom is 0.321 e. The van der Waals surface area contributed by atoms with Crippen LogP contribution in [0, 0.1) is 0 Å². The molecule has 0 heterocycles. The van der Waals surface area contributed by atoms with Gasteiger partial charge in [0.05, 0.1) is 13.2 Å². The molecule has 7 nitrogen and oxygen atoms in total. The summed E-state index contributed by atoms with van der Waals surface area (Å²) in [6.07, 6.45) is 1.03. The zero-order chi connectivity index (χ0) is 14.7. The Labute approximate surface area is 113 Å². The normalized spacial score (nSPS) is 10.1. The van der Waals surface area contributed by atoms with Crippen molar-refractivity contribution in [2.75, 3.05) is 33.3 Å². The molecule has 110 valence electrons. The summed E-state index contributed by atoms with van der Waals surface area (Å²) in [6, 6.07) is -0.530. The standard InChI is InChI=1S/C12H23N3O4/c1-4-7-15(9-11(17)19-5-2)8-6-10(16)14-12(18)13-3/h4-9H2,1-3H3,(H2,13,14,16,18). The summed E-state index contributed by atoms with van der Waals surface area (Å²) in [6.45, 7) is 5.36. The lowest BCUT2D eigenvalue weighted by Crippen LogP contribution is -2.40. The monoisotopic (exact) mass is 273 g/mol. The molecule has 7 heteroatoms. The maximum atomic E-state index is 11.4. The first-order valence-electron chi connectivity index (χ1n) is 6.43. The smallest absolute Gasteiger partial charge is 0.321 e. The lowest BCUT2D eigenvalue weighted by molar-refractivity contribution is -0.144. The summed E-state index contributed by atoms with van der Waals surface area (Å²) in [5, 5.41) is 4.47. The Hall–Kier alpha value is -1.63. The van der Waals surface area contributed by atoms with E-state index >= 15 is 0 Å². The number of hydrogen-bond acceptors (Lipinski definition) is 5. The Morgan fingerprint density at radius 3 is 2.37 bits per heavy atom. The molecule has 0 aliphatic heterocycles. The summed E-state index contributed by atoms with van der Waals surface area (Å²) in [5.41, 5.74) is 0. The van der Waals surface area contributed by atoms with Crippen LogP contribution in [-0.2, 0) is 14.3 Å². The SMILES string of the molecule is CCCN(CCC(=O)NC(=O)NC)CC(=O)OCC. The van der Waals surface area contributed by atoms with Crippen molar-refractivity contribution in [3.63, 3.8) is 0 Å². The number of carbonyl (C=O) groups is 3. The molecule has 0 radical (unpaired) electrons. The quantitative estimate of drug-likeness (QED) is 0.613. The number of nitrogens with one attached hydrogen (secondary N) is 2. The van der Waals surface area contributed by atoms with Crippen LogP contribution in [-0.4, -0.2) is 56.1 Å².